The van der Waals surface area contributed by atoms with Gasteiger partial charge in [-0.1, -0.05) is 13.3 Å². The van der Waals surface area contributed by atoms with Crippen LogP contribution in [0.4, 0.5) is 5.69 Å². The van der Waals surface area contributed by atoms with Crippen LogP contribution >= 0.6 is 0 Å². The number of H-pyrrole nitrogens is 1. The van der Waals surface area contributed by atoms with E-state index in [-0.39, 0.29) is 23.3 Å². The molecule has 1 aliphatic heterocycles. The highest BCUT2D eigenvalue weighted by Gasteiger charge is 2.32. The largest absolute Gasteiger partial charge is 0.334 e. The van der Waals surface area contributed by atoms with Crippen LogP contribution in [0.1, 0.15) is 36.5 Å². The number of hydrogen-bond donors (Lipinski definition) is 2. The molecule has 2 rings (SSSR count). The fraction of sp³-hybridized carbons (Fsp3) is 0.667. The van der Waals surface area contributed by atoms with Gasteiger partial charge in [0.05, 0.1) is 4.92 Å². The van der Waals surface area contributed by atoms with Gasteiger partial charge in [-0.15, -0.1) is 0 Å². The molecule has 110 valence electrons. The minimum Gasteiger partial charge on any atom is -0.334 e. The van der Waals surface area contributed by atoms with Crippen LogP contribution in [0.2, 0.25) is 0 Å². The molecule has 8 nitrogen and oxygen atoms in total. The van der Waals surface area contributed by atoms with Crippen molar-refractivity contribution >= 4 is 11.6 Å². The third kappa shape index (κ3) is 2.79. The number of rotatable bonds is 4. The van der Waals surface area contributed by atoms with Crippen LogP contribution in [-0.2, 0) is 6.42 Å². The molecule has 8 heteroatoms. The highest BCUT2D eigenvalue weighted by atomic mass is 16.6. The molecular weight excluding hydrogens is 262 g/mol. The quantitative estimate of drug-likeness (QED) is 0.624. The summed E-state index contributed by atoms with van der Waals surface area (Å²) in [4.78, 5) is 24.7. The molecule has 0 aliphatic carbocycles. The zero-order valence-electron chi connectivity index (χ0n) is 11.7. The van der Waals surface area contributed by atoms with Gasteiger partial charge in [-0.25, -0.2) is 0 Å². The van der Waals surface area contributed by atoms with Crippen LogP contribution in [0.25, 0.3) is 0 Å². The third-order valence-corrected chi connectivity index (χ3v) is 3.35. The minimum absolute atomic E-state index is 0.0763. The van der Waals surface area contributed by atoms with Crippen molar-refractivity contribution in [2.75, 3.05) is 19.6 Å². The molecule has 0 spiro atoms. The number of aromatic nitrogens is 2. The minimum atomic E-state index is -0.520. The zero-order valence-corrected chi connectivity index (χ0v) is 11.7. The van der Waals surface area contributed by atoms with E-state index in [9.17, 15) is 14.9 Å². The molecule has 0 aromatic carbocycles. The van der Waals surface area contributed by atoms with Crippen LogP contribution in [0.3, 0.4) is 0 Å². The zero-order chi connectivity index (χ0) is 14.7. The van der Waals surface area contributed by atoms with Crippen LogP contribution in [0.5, 0.6) is 0 Å². The Bertz CT molecular complexity index is 513. The first kappa shape index (κ1) is 14.4. The smallest absolute Gasteiger partial charge is 0.322 e. The maximum absolute atomic E-state index is 12.4. The molecule has 0 radical (unpaired) electrons. The van der Waals surface area contributed by atoms with E-state index >= 15 is 0 Å². The summed E-state index contributed by atoms with van der Waals surface area (Å²) in [6.45, 7) is 5.65. The van der Waals surface area contributed by atoms with E-state index in [0.717, 1.165) is 6.42 Å². The average molecular weight is 281 g/mol. The van der Waals surface area contributed by atoms with E-state index in [1.54, 1.807) is 4.90 Å². The van der Waals surface area contributed by atoms with Gasteiger partial charge in [0.1, 0.15) is 5.69 Å². The number of nitro groups is 1. The van der Waals surface area contributed by atoms with Crippen LogP contribution < -0.4 is 5.32 Å². The van der Waals surface area contributed by atoms with E-state index in [4.69, 9.17) is 0 Å². The fourth-order valence-corrected chi connectivity index (χ4v) is 2.41. The van der Waals surface area contributed by atoms with Gasteiger partial charge >= 0.3 is 5.69 Å². The maximum Gasteiger partial charge on any atom is 0.322 e. The van der Waals surface area contributed by atoms with Crippen molar-refractivity contribution in [2.45, 2.75) is 32.7 Å². The second-order valence-electron chi connectivity index (χ2n) is 5.01. The van der Waals surface area contributed by atoms with Crippen molar-refractivity contribution in [3.8, 4) is 0 Å². The third-order valence-electron chi connectivity index (χ3n) is 3.35. The molecule has 1 atom stereocenters. The predicted octanol–water partition coefficient (Wildman–Crippen LogP) is 0.704. The lowest BCUT2D eigenvalue weighted by atomic mass is 10.1. The van der Waals surface area contributed by atoms with Crippen molar-refractivity contribution in [2.24, 2.45) is 0 Å². The Balaban J connectivity index is 2.27. The van der Waals surface area contributed by atoms with Gasteiger partial charge in [-0.2, -0.15) is 5.10 Å². The van der Waals surface area contributed by atoms with Crippen LogP contribution in [0.15, 0.2) is 0 Å². The second-order valence-corrected chi connectivity index (χ2v) is 5.01. The molecule has 2 heterocycles. The number of aryl methyl sites for hydroxylation is 1. The summed E-state index contributed by atoms with van der Waals surface area (Å²) in [5.41, 5.74) is 0.166. The Labute approximate surface area is 116 Å². The summed E-state index contributed by atoms with van der Waals surface area (Å²) in [7, 11) is 0. The van der Waals surface area contributed by atoms with Crippen LogP contribution in [-0.4, -0.2) is 51.6 Å². The lowest BCUT2D eigenvalue weighted by Crippen LogP contribution is -2.51. The lowest BCUT2D eigenvalue weighted by molar-refractivity contribution is -0.385. The van der Waals surface area contributed by atoms with E-state index in [1.165, 1.54) is 0 Å². The van der Waals surface area contributed by atoms with E-state index < -0.39 is 4.92 Å². The number of carbonyl (C=O) groups is 1. The number of hydrogen-bond acceptors (Lipinski definition) is 5. The molecule has 1 aromatic heterocycles. The van der Waals surface area contributed by atoms with Gasteiger partial charge < -0.3 is 10.2 Å². The maximum atomic E-state index is 12.4. The summed E-state index contributed by atoms with van der Waals surface area (Å²) in [6.07, 6.45) is 1.26. The Morgan fingerprint density at radius 3 is 2.95 bits per heavy atom. The summed E-state index contributed by atoms with van der Waals surface area (Å²) in [5, 5.41) is 20.9. The van der Waals surface area contributed by atoms with Gasteiger partial charge in [0.25, 0.3) is 5.91 Å². The number of nitrogens with zero attached hydrogens (tertiary/aromatic N) is 3. The highest BCUT2D eigenvalue weighted by molar-refractivity contribution is 5.96. The topological polar surface area (TPSA) is 104 Å². The first-order chi connectivity index (χ1) is 9.54. The molecule has 1 aliphatic rings. The lowest BCUT2D eigenvalue weighted by Gasteiger charge is -2.31. The summed E-state index contributed by atoms with van der Waals surface area (Å²) in [5.74, 6) is -0.372. The summed E-state index contributed by atoms with van der Waals surface area (Å²) >= 11 is 0. The van der Waals surface area contributed by atoms with Crippen molar-refractivity contribution < 1.29 is 9.72 Å². The van der Waals surface area contributed by atoms with Gasteiger partial charge in [0.15, 0.2) is 0 Å². The van der Waals surface area contributed by atoms with Crippen molar-refractivity contribution in [3.63, 3.8) is 0 Å². The van der Waals surface area contributed by atoms with E-state index in [0.29, 0.717) is 31.7 Å². The van der Waals surface area contributed by atoms with Gasteiger partial charge in [-0.05, 0) is 13.3 Å². The highest BCUT2D eigenvalue weighted by Crippen LogP contribution is 2.24. The fourth-order valence-electron chi connectivity index (χ4n) is 2.41. The molecule has 1 fully saturated rings. The number of amides is 1. The van der Waals surface area contributed by atoms with Crippen molar-refractivity contribution in [1.82, 2.24) is 20.4 Å². The average Bonchev–Trinajstić information content (AvgIpc) is 2.82. The van der Waals surface area contributed by atoms with Gasteiger partial charge in [-0.3, -0.25) is 20.0 Å². The van der Waals surface area contributed by atoms with Gasteiger partial charge in [0, 0.05) is 25.7 Å². The molecule has 0 saturated carbocycles. The molecular formula is C12H19N5O3. The Hall–Kier alpha value is -1.96. The summed E-state index contributed by atoms with van der Waals surface area (Å²) < 4.78 is 0. The number of nitrogens with one attached hydrogen (secondary N) is 2. The Morgan fingerprint density at radius 2 is 2.35 bits per heavy atom. The summed E-state index contributed by atoms with van der Waals surface area (Å²) in [6, 6.07) is 0.181. The first-order valence-electron chi connectivity index (χ1n) is 6.78. The Morgan fingerprint density at radius 1 is 1.60 bits per heavy atom. The second kappa shape index (κ2) is 6.00. The number of carbonyl (C=O) groups excluding carboxylic acids is 1. The molecule has 1 unspecified atom stereocenters. The van der Waals surface area contributed by atoms with E-state index in [1.807, 2.05) is 13.8 Å². The molecule has 20 heavy (non-hydrogen) atoms. The molecule has 0 bridgehead atoms. The monoisotopic (exact) mass is 281 g/mol. The number of piperazine rings is 1. The molecule has 1 amide bonds. The molecule has 1 saturated heterocycles. The van der Waals surface area contributed by atoms with Crippen molar-refractivity contribution in [3.05, 3.63) is 21.5 Å². The standard InChI is InChI=1S/C12H19N5O3/c1-3-4-9-11(17(19)20)10(15-14-9)12(18)16-6-5-13-8(2)7-16/h8,13H,3-7H2,1-2H3,(H,14,15). The van der Waals surface area contributed by atoms with Crippen LogP contribution in [0, 0.1) is 10.1 Å². The number of aromatic amines is 1. The normalized spacial score (nSPS) is 19.1. The van der Waals surface area contributed by atoms with E-state index in [2.05, 4.69) is 15.5 Å². The predicted molar refractivity (Wildman–Crippen MR) is 72.6 cm³/mol. The molecule has 1 aromatic rings. The SMILES string of the molecule is CCCc1[nH]nc(C(=O)N2CCNC(C)C2)c1[N+](=O)[O-]. The van der Waals surface area contributed by atoms with Gasteiger partial charge in [0.2, 0.25) is 5.69 Å². The molecule has 2 N–H and O–H groups in total. The first-order valence-corrected chi connectivity index (χ1v) is 6.78. The Kier molecular flexibility index (Phi) is 4.33. The van der Waals surface area contributed by atoms with Crippen molar-refractivity contribution in [1.29, 1.82) is 0 Å².